The number of amides is 1. The maximum atomic E-state index is 12.0. The first-order chi connectivity index (χ1) is 13.5. The van der Waals surface area contributed by atoms with Gasteiger partial charge in [-0.15, -0.1) is 11.3 Å². The van der Waals surface area contributed by atoms with Crippen LogP contribution >= 0.6 is 11.3 Å². The molecule has 0 spiro atoms. The number of benzene rings is 1. The van der Waals surface area contributed by atoms with Gasteiger partial charge in [0.05, 0.1) is 23.3 Å². The number of carbonyl (C=O) groups is 1. The molecular formula is C22H24N4OS. The van der Waals surface area contributed by atoms with Crippen molar-refractivity contribution >= 4 is 23.5 Å². The molecule has 2 heterocycles. The van der Waals surface area contributed by atoms with Crippen molar-refractivity contribution in [3.8, 4) is 5.69 Å². The van der Waals surface area contributed by atoms with Gasteiger partial charge in [-0.25, -0.2) is 10.4 Å². The highest BCUT2D eigenvalue weighted by atomic mass is 32.1. The number of nitrogens with one attached hydrogen (secondary N) is 1. The van der Waals surface area contributed by atoms with E-state index in [0.717, 1.165) is 27.7 Å². The lowest BCUT2D eigenvalue weighted by Crippen LogP contribution is -2.20. The average Bonchev–Trinajstić information content (AvgIpc) is 3.35. The number of thiazole rings is 1. The topological polar surface area (TPSA) is 59.3 Å². The smallest absolute Gasteiger partial charge is 0.246 e. The zero-order chi connectivity index (χ0) is 19.7. The third-order valence-corrected chi connectivity index (χ3v) is 6.03. The van der Waals surface area contributed by atoms with Crippen molar-refractivity contribution in [1.82, 2.24) is 15.0 Å². The van der Waals surface area contributed by atoms with Gasteiger partial charge in [0.25, 0.3) is 0 Å². The van der Waals surface area contributed by atoms with Crippen LogP contribution < -0.4 is 5.43 Å². The van der Waals surface area contributed by atoms with Crippen LogP contribution in [0.25, 0.3) is 5.69 Å². The number of aromatic nitrogens is 2. The molecule has 4 rings (SSSR count). The van der Waals surface area contributed by atoms with Crippen LogP contribution in [0, 0.1) is 20.8 Å². The van der Waals surface area contributed by atoms with Crippen LogP contribution in [0.5, 0.6) is 0 Å². The maximum Gasteiger partial charge on any atom is 0.246 e. The largest absolute Gasteiger partial charge is 0.318 e. The summed E-state index contributed by atoms with van der Waals surface area (Å²) in [5.41, 5.74) is 10.8. The van der Waals surface area contributed by atoms with Crippen LogP contribution in [0.15, 0.2) is 34.7 Å². The summed E-state index contributed by atoms with van der Waals surface area (Å²) in [6, 6.07) is 8.86. The van der Waals surface area contributed by atoms with Gasteiger partial charge in [-0.3, -0.25) is 4.79 Å². The Morgan fingerprint density at radius 2 is 2.07 bits per heavy atom. The molecule has 6 heteroatoms. The van der Waals surface area contributed by atoms with Gasteiger partial charge in [-0.1, -0.05) is 6.07 Å². The van der Waals surface area contributed by atoms with Crippen molar-refractivity contribution in [2.45, 2.75) is 46.5 Å². The van der Waals surface area contributed by atoms with E-state index in [0.29, 0.717) is 0 Å². The molecule has 1 amide bonds. The molecule has 0 atom stereocenters. The number of rotatable bonds is 5. The monoisotopic (exact) mass is 392 g/mol. The molecule has 0 aliphatic heterocycles. The van der Waals surface area contributed by atoms with Gasteiger partial charge in [-0.05, 0) is 69.4 Å². The normalized spacial score (nSPS) is 13.2. The third kappa shape index (κ3) is 3.78. The Kier molecular flexibility index (Phi) is 5.13. The summed E-state index contributed by atoms with van der Waals surface area (Å²) in [5.74, 6) is -0.158. The molecule has 144 valence electrons. The van der Waals surface area contributed by atoms with Gasteiger partial charge >= 0.3 is 0 Å². The summed E-state index contributed by atoms with van der Waals surface area (Å²) in [6.45, 7) is 6.11. The zero-order valence-corrected chi connectivity index (χ0v) is 17.3. The van der Waals surface area contributed by atoms with Crippen LogP contribution in [0.4, 0.5) is 0 Å². The fourth-order valence-electron chi connectivity index (χ4n) is 3.88. The van der Waals surface area contributed by atoms with Crippen molar-refractivity contribution < 1.29 is 4.79 Å². The Bertz CT molecular complexity index is 1060. The molecule has 1 aliphatic carbocycles. The summed E-state index contributed by atoms with van der Waals surface area (Å²) in [6.07, 6.45) is 5.57. The van der Waals surface area contributed by atoms with E-state index in [1.807, 2.05) is 12.3 Å². The second-order valence-corrected chi connectivity index (χ2v) is 8.36. The highest BCUT2D eigenvalue weighted by Gasteiger charge is 2.14. The first kappa shape index (κ1) is 18.6. The van der Waals surface area contributed by atoms with Crippen molar-refractivity contribution in [1.29, 1.82) is 0 Å². The van der Waals surface area contributed by atoms with Crippen LogP contribution in [0.3, 0.4) is 0 Å². The Morgan fingerprint density at radius 3 is 2.86 bits per heavy atom. The van der Waals surface area contributed by atoms with Crippen LogP contribution in [-0.2, 0) is 24.1 Å². The van der Waals surface area contributed by atoms with E-state index < -0.39 is 0 Å². The van der Waals surface area contributed by atoms with Crippen molar-refractivity contribution in [3.05, 3.63) is 68.4 Å². The fourth-order valence-corrected chi connectivity index (χ4v) is 4.49. The predicted octanol–water partition coefficient (Wildman–Crippen LogP) is 4.04. The molecule has 28 heavy (non-hydrogen) atoms. The van der Waals surface area contributed by atoms with Crippen LogP contribution in [0.1, 0.15) is 45.2 Å². The van der Waals surface area contributed by atoms with Gasteiger partial charge < -0.3 is 4.57 Å². The highest BCUT2D eigenvalue weighted by Crippen LogP contribution is 2.27. The third-order valence-electron chi connectivity index (χ3n) is 5.21. The number of nitrogens with zero attached hydrogens (tertiary/aromatic N) is 3. The van der Waals surface area contributed by atoms with Gasteiger partial charge in [0.2, 0.25) is 5.91 Å². The van der Waals surface area contributed by atoms with E-state index in [-0.39, 0.29) is 12.3 Å². The van der Waals surface area contributed by atoms with Crippen molar-refractivity contribution in [2.75, 3.05) is 0 Å². The van der Waals surface area contributed by atoms with Gasteiger partial charge in [0.1, 0.15) is 0 Å². The van der Waals surface area contributed by atoms with E-state index in [1.54, 1.807) is 17.6 Å². The van der Waals surface area contributed by atoms with Gasteiger partial charge in [0.15, 0.2) is 0 Å². The van der Waals surface area contributed by atoms with Gasteiger partial charge in [-0.2, -0.15) is 5.10 Å². The van der Waals surface area contributed by atoms with E-state index >= 15 is 0 Å². The van der Waals surface area contributed by atoms with Crippen LogP contribution in [-0.4, -0.2) is 21.7 Å². The van der Waals surface area contributed by atoms with Gasteiger partial charge in [0, 0.05) is 28.0 Å². The second-order valence-electron chi connectivity index (χ2n) is 7.30. The highest BCUT2D eigenvalue weighted by molar-refractivity contribution is 7.09. The van der Waals surface area contributed by atoms with E-state index in [4.69, 9.17) is 0 Å². The Morgan fingerprint density at radius 1 is 1.25 bits per heavy atom. The second kappa shape index (κ2) is 7.72. The molecule has 0 bridgehead atoms. The molecule has 0 saturated carbocycles. The Balaban J connectivity index is 1.48. The molecule has 5 nitrogen and oxygen atoms in total. The number of aryl methyl sites for hydroxylation is 4. The summed E-state index contributed by atoms with van der Waals surface area (Å²) in [5, 5.41) is 7.02. The molecule has 1 aliphatic rings. The number of fused-ring (bicyclic) bond motifs is 1. The summed E-state index contributed by atoms with van der Waals surface area (Å²) in [7, 11) is 0. The number of hydrogen-bond donors (Lipinski definition) is 1. The SMILES string of the molecule is Cc1nc(CC(=O)N/N=C\c2cc(C)n(-c3ccc4c(c3)CCC4)c2C)cs1. The van der Waals surface area contributed by atoms with E-state index in [2.05, 4.69) is 58.2 Å². The molecule has 2 aromatic heterocycles. The first-order valence-corrected chi connectivity index (χ1v) is 10.4. The summed E-state index contributed by atoms with van der Waals surface area (Å²) < 4.78 is 2.25. The first-order valence-electron chi connectivity index (χ1n) is 9.55. The summed E-state index contributed by atoms with van der Waals surface area (Å²) >= 11 is 1.55. The number of hydrogen-bond acceptors (Lipinski definition) is 4. The van der Waals surface area contributed by atoms with Crippen molar-refractivity contribution in [3.63, 3.8) is 0 Å². The quantitative estimate of drug-likeness (QED) is 0.526. The fraction of sp³-hybridized carbons (Fsp3) is 0.318. The standard InChI is InChI=1S/C22H24N4OS/c1-14-9-19(12-23-25-22(27)11-20-13-28-16(3)24-20)15(2)26(14)21-8-7-17-5-4-6-18(17)10-21/h7-10,12-13H,4-6,11H2,1-3H3,(H,25,27)/b23-12-. The number of carbonyl (C=O) groups excluding carboxylic acids is 1. The molecule has 1 aromatic carbocycles. The molecule has 0 unspecified atom stereocenters. The van der Waals surface area contributed by atoms with Crippen molar-refractivity contribution in [2.24, 2.45) is 5.10 Å². The minimum absolute atomic E-state index is 0.158. The molecule has 0 fully saturated rings. The minimum atomic E-state index is -0.158. The van der Waals surface area contributed by atoms with Crippen LogP contribution in [0.2, 0.25) is 0 Å². The Hall–Kier alpha value is -2.73. The molecule has 0 saturated heterocycles. The van der Waals surface area contributed by atoms with E-state index in [9.17, 15) is 4.79 Å². The number of hydrazone groups is 1. The lowest BCUT2D eigenvalue weighted by Gasteiger charge is -2.11. The lowest BCUT2D eigenvalue weighted by molar-refractivity contribution is -0.120. The molecule has 0 radical (unpaired) electrons. The lowest BCUT2D eigenvalue weighted by atomic mass is 10.1. The predicted molar refractivity (Wildman–Crippen MR) is 114 cm³/mol. The average molecular weight is 393 g/mol. The molecular weight excluding hydrogens is 368 g/mol. The van der Waals surface area contributed by atoms with E-state index in [1.165, 1.54) is 36.1 Å². The Labute approximate surface area is 169 Å². The summed E-state index contributed by atoms with van der Waals surface area (Å²) in [4.78, 5) is 16.3. The maximum absolute atomic E-state index is 12.0. The zero-order valence-electron chi connectivity index (χ0n) is 16.5. The molecule has 3 aromatic rings. The minimum Gasteiger partial charge on any atom is -0.318 e. The molecule has 1 N–H and O–H groups in total.